The van der Waals surface area contributed by atoms with Crippen LogP contribution in [-0.2, 0) is 9.53 Å². The van der Waals surface area contributed by atoms with E-state index in [1.807, 2.05) is 18.2 Å². The molecule has 2 atom stereocenters. The number of carbonyl (C=O) groups is 2. The normalized spacial score (nSPS) is 21.7. The van der Waals surface area contributed by atoms with Crippen LogP contribution in [-0.4, -0.2) is 24.4 Å². The molecule has 108 valence electrons. The number of hydrogen-bond donors (Lipinski definition) is 1. The lowest BCUT2D eigenvalue weighted by molar-refractivity contribution is -0.117. The Balaban J connectivity index is 1.98. The maximum atomic E-state index is 11.9. The Morgan fingerprint density at radius 1 is 1.35 bits per heavy atom. The molecule has 0 aliphatic heterocycles. The summed E-state index contributed by atoms with van der Waals surface area (Å²) >= 11 is 0. The van der Waals surface area contributed by atoms with Crippen LogP contribution >= 0.6 is 0 Å². The van der Waals surface area contributed by atoms with Gasteiger partial charge >= 0.3 is 5.97 Å². The number of rotatable bonds is 5. The SMILES string of the molecule is CC(=O)CCOC(=O)c1cccc(C2CCC(N)C2)c1. The fourth-order valence-corrected chi connectivity index (χ4v) is 2.61. The van der Waals surface area contributed by atoms with Gasteiger partial charge in [0.15, 0.2) is 0 Å². The highest BCUT2D eigenvalue weighted by atomic mass is 16.5. The number of Topliss-reactive ketones (excluding diaryl/α,β-unsaturated/α-hetero) is 1. The molecule has 2 rings (SSSR count). The highest BCUT2D eigenvalue weighted by Crippen LogP contribution is 2.33. The molecular formula is C16H21NO3. The summed E-state index contributed by atoms with van der Waals surface area (Å²) in [5, 5.41) is 0. The molecule has 4 nitrogen and oxygen atoms in total. The lowest BCUT2D eigenvalue weighted by Gasteiger charge is -2.11. The third kappa shape index (κ3) is 3.90. The Morgan fingerprint density at radius 2 is 2.15 bits per heavy atom. The molecule has 1 aromatic carbocycles. The molecule has 0 amide bonds. The molecule has 1 aliphatic carbocycles. The third-order valence-corrected chi connectivity index (χ3v) is 3.75. The van der Waals surface area contributed by atoms with Gasteiger partial charge in [0.1, 0.15) is 5.78 Å². The lowest BCUT2D eigenvalue weighted by Crippen LogP contribution is -2.14. The minimum absolute atomic E-state index is 0.0199. The molecule has 4 heteroatoms. The Hall–Kier alpha value is -1.68. The van der Waals surface area contributed by atoms with E-state index in [4.69, 9.17) is 10.5 Å². The number of nitrogens with two attached hydrogens (primary N) is 1. The van der Waals surface area contributed by atoms with Gasteiger partial charge in [0, 0.05) is 12.5 Å². The summed E-state index contributed by atoms with van der Waals surface area (Å²) in [5.41, 5.74) is 7.63. The fraction of sp³-hybridized carbons (Fsp3) is 0.500. The maximum absolute atomic E-state index is 11.9. The number of esters is 1. The van der Waals surface area contributed by atoms with E-state index in [1.165, 1.54) is 6.92 Å². The average molecular weight is 275 g/mol. The first kappa shape index (κ1) is 14.7. The average Bonchev–Trinajstić information content (AvgIpc) is 2.85. The van der Waals surface area contributed by atoms with Crippen molar-refractivity contribution in [2.45, 2.75) is 44.6 Å². The summed E-state index contributed by atoms with van der Waals surface area (Å²) in [6.07, 6.45) is 3.35. The van der Waals surface area contributed by atoms with E-state index in [0.717, 1.165) is 24.8 Å². The Morgan fingerprint density at radius 3 is 2.80 bits per heavy atom. The van der Waals surface area contributed by atoms with E-state index in [-0.39, 0.29) is 30.8 Å². The molecule has 20 heavy (non-hydrogen) atoms. The van der Waals surface area contributed by atoms with Crippen molar-refractivity contribution >= 4 is 11.8 Å². The molecule has 1 fully saturated rings. The van der Waals surface area contributed by atoms with Gasteiger partial charge in [0.2, 0.25) is 0 Å². The van der Waals surface area contributed by atoms with Crippen LogP contribution in [0, 0.1) is 0 Å². The molecule has 0 saturated heterocycles. The summed E-state index contributed by atoms with van der Waals surface area (Å²) in [7, 11) is 0. The second kappa shape index (κ2) is 6.66. The van der Waals surface area contributed by atoms with Crippen molar-refractivity contribution in [1.29, 1.82) is 0 Å². The summed E-state index contributed by atoms with van der Waals surface area (Å²) in [6.45, 7) is 1.63. The standard InChI is InChI=1S/C16H21NO3/c1-11(18)7-8-20-16(19)14-4-2-3-12(9-14)13-5-6-15(17)10-13/h2-4,9,13,15H,5-8,10,17H2,1H3. The van der Waals surface area contributed by atoms with E-state index < -0.39 is 0 Å². The first-order valence-corrected chi connectivity index (χ1v) is 7.08. The van der Waals surface area contributed by atoms with Crippen molar-refractivity contribution in [2.75, 3.05) is 6.61 Å². The Labute approximate surface area is 119 Å². The monoisotopic (exact) mass is 275 g/mol. The van der Waals surface area contributed by atoms with Gasteiger partial charge < -0.3 is 10.5 Å². The van der Waals surface area contributed by atoms with Gasteiger partial charge in [-0.1, -0.05) is 12.1 Å². The summed E-state index contributed by atoms with van der Waals surface area (Å²) in [5.74, 6) is 0.0943. The topological polar surface area (TPSA) is 69.4 Å². The smallest absolute Gasteiger partial charge is 0.338 e. The molecule has 2 N–H and O–H groups in total. The van der Waals surface area contributed by atoms with Crippen LogP contribution in [0.15, 0.2) is 24.3 Å². The number of ether oxygens (including phenoxy) is 1. The van der Waals surface area contributed by atoms with E-state index in [2.05, 4.69) is 0 Å². The minimum Gasteiger partial charge on any atom is -0.462 e. The highest BCUT2D eigenvalue weighted by molar-refractivity contribution is 5.89. The second-order valence-corrected chi connectivity index (χ2v) is 5.48. The van der Waals surface area contributed by atoms with Crippen LogP contribution < -0.4 is 5.73 Å². The van der Waals surface area contributed by atoms with Gasteiger partial charge in [0.25, 0.3) is 0 Å². The van der Waals surface area contributed by atoms with Crippen molar-refractivity contribution in [3.8, 4) is 0 Å². The fourth-order valence-electron chi connectivity index (χ4n) is 2.61. The number of benzene rings is 1. The Bertz CT molecular complexity index is 498. The van der Waals surface area contributed by atoms with Gasteiger partial charge in [-0.15, -0.1) is 0 Å². The van der Waals surface area contributed by atoms with Crippen LogP contribution in [0.4, 0.5) is 0 Å². The molecule has 0 heterocycles. The molecule has 0 bridgehead atoms. The van der Waals surface area contributed by atoms with Crippen LogP contribution in [0.3, 0.4) is 0 Å². The molecule has 2 unspecified atom stereocenters. The summed E-state index contributed by atoms with van der Waals surface area (Å²) < 4.78 is 5.09. The van der Waals surface area contributed by atoms with Crippen LogP contribution in [0.2, 0.25) is 0 Å². The summed E-state index contributed by atoms with van der Waals surface area (Å²) in [6, 6.07) is 7.81. The number of hydrogen-bond acceptors (Lipinski definition) is 4. The van der Waals surface area contributed by atoms with Crippen LogP contribution in [0.1, 0.15) is 54.4 Å². The zero-order chi connectivity index (χ0) is 14.5. The van der Waals surface area contributed by atoms with Crippen molar-refractivity contribution in [2.24, 2.45) is 5.73 Å². The predicted molar refractivity (Wildman–Crippen MR) is 76.6 cm³/mol. The molecule has 1 saturated carbocycles. The van der Waals surface area contributed by atoms with Gasteiger partial charge in [-0.25, -0.2) is 4.79 Å². The van der Waals surface area contributed by atoms with Crippen molar-refractivity contribution in [1.82, 2.24) is 0 Å². The second-order valence-electron chi connectivity index (χ2n) is 5.48. The first-order valence-electron chi connectivity index (χ1n) is 7.08. The predicted octanol–water partition coefficient (Wildman–Crippen LogP) is 2.42. The van der Waals surface area contributed by atoms with Crippen molar-refractivity contribution in [3.05, 3.63) is 35.4 Å². The molecule has 0 spiro atoms. The number of carbonyl (C=O) groups excluding carboxylic acids is 2. The van der Waals surface area contributed by atoms with Crippen molar-refractivity contribution < 1.29 is 14.3 Å². The summed E-state index contributed by atoms with van der Waals surface area (Å²) in [4.78, 5) is 22.7. The third-order valence-electron chi connectivity index (χ3n) is 3.75. The van der Waals surface area contributed by atoms with Crippen LogP contribution in [0.25, 0.3) is 0 Å². The molecule has 0 radical (unpaired) electrons. The van der Waals surface area contributed by atoms with E-state index >= 15 is 0 Å². The van der Waals surface area contributed by atoms with Crippen molar-refractivity contribution in [3.63, 3.8) is 0 Å². The van der Waals surface area contributed by atoms with E-state index in [0.29, 0.717) is 11.5 Å². The lowest BCUT2D eigenvalue weighted by atomic mass is 9.96. The van der Waals surface area contributed by atoms with Gasteiger partial charge in [-0.05, 0) is 49.8 Å². The van der Waals surface area contributed by atoms with Gasteiger partial charge in [-0.2, -0.15) is 0 Å². The Kier molecular flexibility index (Phi) is 4.90. The highest BCUT2D eigenvalue weighted by Gasteiger charge is 2.23. The van der Waals surface area contributed by atoms with E-state index in [9.17, 15) is 9.59 Å². The first-order chi connectivity index (χ1) is 9.56. The molecule has 1 aromatic rings. The minimum atomic E-state index is -0.365. The van der Waals surface area contributed by atoms with Crippen LogP contribution in [0.5, 0.6) is 0 Å². The van der Waals surface area contributed by atoms with E-state index in [1.54, 1.807) is 6.07 Å². The zero-order valence-electron chi connectivity index (χ0n) is 11.8. The molecule has 0 aromatic heterocycles. The molecule has 1 aliphatic rings. The van der Waals surface area contributed by atoms with Gasteiger partial charge in [-0.3, -0.25) is 4.79 Å². The quantitative estimate of drug-likeness (QED) is 0.838. The maximum Gasteiger partial charge on any atom is 0.338 e. The molecular weight excluding hydrogens is 254 g/mol. The van der Waals surface area contributed by atoms with Gasteiger partial charge in [0.05, 0.1) is 12.2 Å². The largest absolute Gasteiger partial charge is 0.462 e. The zero-order valence-corrected chi connectivity index (χ0v) is 11.8. The number of ketones is 1.